The van der Waals surface area contributed by atoms with Gasteiger partial charge in [0.2, 0.25) is 5.89 Å². The van der Waals surface area contributed by atoms with Crippen LogP contribution in [0.25, 0.3) is 11.1 Å². The Morgan fingerprint density at radius 3 is 3.21 bits per heavy atom. The summed E-state index contributed by atoms with van der Waals surface area (Å²) in [6, 6.07) is 5.52. The maximum Gasteiger partial charge on any atom is 0.209 e. The Morgan fingerprint density at radius 1 is 1.47 bits per heavy atom. The number of anilines is 1. The van der Waals surface area contributed by atoms with Crippen molar-refractivity contribution in [1.82, 2.24) is 9.88 Å². The first-order chi connectivity index (χ1) is 9.24. The van der Waals surface area contributed by atoms with E-state index in [0.717, 1.165) is 49.5 Å². The number of likely N-dealkylation sites (tertiary alicyclic amines) is 1. The van der Waals surface area contributed by atoms with Crippen molar-refractivity contribution in [1.29, 1.82) is 0 Å². The molecular formula is C14H19N3O2. The van der Waals surface area contributed by atoms with Gasteiger partial charge in [0.25, 0.3) is 0 Å². The number of rotatable bonds is 4. The van der Waals surface area contributed by atoms with Crippen LogP contribution in [0, 0.1) is 5.92 Å². The second-order valence-electron chi connectivity index (χ2n) is 5.24. The molecule has 0 amide bonds. The lowest BCUT2D eigenvalue weighted by Crippen LogP contribution is -2.20. The fraction of sp³-hybridized carbons (Fsp3) is 0.500. The highest BCUT2D eigenvalue weighted by molar-refractivity contribution is 5.76. The minimum atomic E-state index is 0.278. The number of nitrogens with two attached hydrogens (primary N) is 1. The summed E-state index contributed by atoms with van der Waals surface area (Å²) in [6.45, 7) is 3.07. The van der Waals surface area contributed by atoms with Crippen molar-refractivity contribution >= 4 is 16.8 Å². The van der Waals surface area contributed by atoms with Crippen LogP contribution in [0.1, 0.15) is 18.7 Å². The molecule has 1 fully saturated rings. The van der Waals surface area contributed by atoms with Crippen LogP contribution in [0.3, 0.4) is 0 Å². The maximum atomic E-state index is 8.96. The van der Waals surface area contributed by atoms with E-state index in [9.17, 15) is 0 Å². The first kappa shape index (κ1) is 12.4. The summed E-state index contributed by atoms with van der Waals surface area (Å²) >= 11 is 0. The third kappa shape index (κ3) is 2.72. The molecule has 1 aliphatic rings. The van der Waals surface area contributed by atoms with Crippen LogP contribution < -0.4 is 5.73 Å². The second-order valence-corrected chi connectivity index (χ2v) is 5.24. The first-order valence-electron chi connectivity index (χ1n) is 6.73. The van der Waals surface area contributed by atoms with Gasteiger partial charge in [0, 0.05) is 18.8 Å². The monoisotopic (exact) mass is 261 g/mol. The predicted molar refractivity (Wildman–Crippen MR) is 73.5 cm³/mol. The van der Waals surface area contributed by atoms with E-state index in [1.165, 1.54) is 0 Å². The standard InChI is InChI=1S/C14H19N3O2/c15-11-1-2-13-12(7-11)16-14(19-13)9-17-5-3-10(8-17)4-6-18/h1-2,7,10,18H,3-6,8-9,15H2. The third-order valence-corrected chi connectivity index (χ3v) is 3.72. The summed E-state index contributed by atoms with van der Waals surface area (Å²) in [5, 5.41) is 8.96. The van der Waals surface area contributed by atoms with Crippen molar-refractivity contribution in [2.24, 2.45) is 5.92 Å². The Morgan fingerprint density at radius 2 is 2.37 bits per heavy atom. The molecule has 1 aliphatic heterocycles. The van der Waals surface area contributed by atoms with E-state index in [4.69, 9.17) is 15.3 Å². The van der Waals surface area contributed by atoms with E-state index in [0.29, 0.717) is 11.6 Å². The number of oxazole rings is 1. The average Bonchev–Trinajstić information content (AvgIpc) is 2.96. The van der Waals surface area contributed by atoms with Crippen LogP contribution in [0.4, 0.5) is 5.69 Å². The van der Waals surface area contributed by atoms with E-state index >= 15 is 0 Å². The number of benzene rings is 1. The number of aliphatic hydroxyl groups excluding tert-OH is 1. The smallest absolute Gasteiger partial charge is 0.209 e. The summed E-state index contributed by atoms with van der Waals surface area (Å²) in [6.07, 6.45) is 2.04. The number of fused-ring (bicyclic) bond motifs is 1. The predicted octanol–water partition coefficient (Wildman–Crippen LogP) is 1.61. The molecule has 0 saturated carbocycles. The summed E-state index contributed by atoms with van der Waals surface area (Å²) in [4.78, 5) is 6.80. The van der Waals surface area contributed by atoms with E-state index < -0.39 is 0 Å². The molecule has 3 N–H and O–H groups in total. The van der Waals surface area contributed by atoms with Crippen molar-refractivity contribution in [3.63, 3.8) is 0 Å². The van der Waals surface area contributed by atoms with Gasteiger partial charge in [-0.05, 0) is 43.5 Å². The van der Waals surface area contributed by atoms with Crippen LogP contribution in [-0.2, 0) is 6.54 Å². The number of nitrogen functional groups attached to an aromatic ring is 1. The molecule has 0 spiro atoms. The average molecular weight is 261 g/mol. The zero-order valence-electron chi connectivity index (χ0n) is 10.9. The van der Waals surface area contributed by atoms with Crippen LogP contribution >= 0.6 is 0 Å². The normalized spacial score (nSPS) is 20.4. The Kier molecular flexibility index (Phi) is 3.40. The van der Waals surface area contributed by atoms with E-state index in [2.05, 4.69) is 9.88 Å². The number of hydrogen-bond acceptors (Lipinski definition) is 5. The highest BCUT2D eigenvalue weighted by Gasteiger charge is 2.23. The van der Waals surface area contributed by atoms with Crippen molar-refractivity contribution < 1.29 is 9.52 Å². The minimum Gasteiger partial charge on any atom is -0.439 e. The number of aliphatic hydroxyl groups is 1. The Labute approximate surface area is 112 Å². The lowest BCUT2D eigenvalue weighted by atomic mass is 10.1. The number of aromatic nitrogens is 1. The molecule has 5 nitrogen and oxygen atoms in total. The highest BCUT2D eigenvalue weighted by Crippen LogP contribution is 2.23. The van der Waals surface area contributed by atoms with Gasteiger partial charge in [-0.25, -0.2) is 4.98 Å². The molecule has 0 aliphatic carbocycles. The van der Waals surface area contributed by atoms with Crippen LogP contribution in [0.5, 0.6) is 0 Å². The largest absolute Gasteiger partial charge is 0.439 e. The van der Waals surface area contributed by atoms with E-state index in [1.807, 2.05) is 18.2 Å². The molecule has 0 bridgehead atoms. The van der Waals surface area contributed by atoms with Crippen molar-refractivity contribution in [3.8, 4) is 0 Å². The summed E-state index contributed by atoms with van der Waals surface area (Å²) in [5.74, 6) is 1.34. The fourth-order valence-electron chi connectivity index (χ4n) is 2.73. The van der Waals surface area contributed by atoms with Crippen LogP contribution in [0.2, 0.25) is 0 Å². The van der Waals surface area contributed by atoms with Crippen molar-refractivity contribution in [2.45, 2.75) is 19.4 Å². The molecule has 102 valence electrons. The van der Waals surface area contributed by atoms with E-state index in [-0.39, 0.29) is 6.61 Å². The molecular weight excluding hydrogens is 242 g/mol. The molecule has 0 radical (unpaired) electrons. The van der Waals surface area contributed by atoms with Gasteiger partial charge in [-0.2, -0.15) is 0 Å². The Hall–Kier alpha value is -1.59. The molecule has 2 heterocycles. The third-order valence-electron chi connectivity index (χ3n) is 3.72. The van der Waals surface area contributed by atoms with Crippen molar-refractivity contribution in [3.05, 3.63) is 24.1 Å². The summed E-state index contributed by atoms with van der Waals surface area (Å²) < 4.78 is 5.72. The molecule has 2 aromatic rings. The van der Waals surface area contributed by atoms with Crippen LogP contribution in [-0.4, -0.2) is 34.7 Å². The maximum absolute atomic E-state index is 8.96. The second kappa shape index (κ2) is 5.19. The zero-order chi connectivity index (χ0) is 13.2. The minimum absolute atomic E-state index is 0.278. The Bertz CT molecular complexity index is 567. The molecule has 1 atom stereocenters. The lowest BCUT2D eigenvalue weighted by Gasteiger charge is -2.12. The quantitative estimate of drug-likeness (QED) is 0.818. The van der Waals surface area contributed by atoms with Crippen molar-refractivity contribution in [2.75, 3.05) is 25.4 Å². The number of nitrogens with zero attached hydrogens (tertiary/aromatic N) is 2. The lowest BCUT2D eigenvalue weighted by molar-refractivity contribution is 0.243. The van der Waals surface area contributed by atoms with Crippen LogP contribution in [0.15, 0.2) is 22.6 Å². The van der Waals surface area contributed by atoms with Gasteiger partial charge in [-0.1, -0.05) is 0 Å². The summed E-state index contributed by atoms with van der Waals surface area (Å²) in [7, 11) is 0. The zero-order valence-corrected chi connectivity index (χ0v) is 10.9. The molecule has 19 heavy (non-hydrogen) atoms. The number of hydrogen-bond donors (Lipinski definition) is 2. The molecule has 1 aromatic carbocycles. The molecule has 3 rings (SSSR count). The molecule has 1 saturated heterocycles. The van der Waals surface area contributed by atoms with Gasteiger partial charge in [-0.15, -0.1) is 0 Å². The molecule has 1 aromatic heterocycles. The van der Waals surface area contributed by atoms with Gasteiger partial charge in [0.1, 0.15) is 5.52 Å². The van der Waals surface area contributed by atoms with Gasteiger partial charge in [-0.3, -0.25) is 4.90 Å². The van der Waals surface area contributed by atoms with E-state index in [1.54, 1.807) is 0 Å². The van der Waals surface area contributed by atoms with Gasteiger partial charge in [0.05, 0.1) is 6.54 Å². The SMILES string of the molecule is Nc1ccc2oc(CN3CCC(CCO)C3)nc2c1. The highest BCUT2D eigenvalue weighted by atomic mass is 16.3. The topological polar surface area (TPSA) is 75.5 Å². The fourth-order valence-corrected chi connectivity index (χ4v) is 2.73. The first-order valence-corrected chi connectivity index (χ1v) is 6.73. The van der Waals surface area contributed by atoms with Gasteiger partial charge < -0.3 is 15.3 Å². The Balaban J connectivity index is 1.68. The summed E-state index contributed by atoms with van der Waals surface area (Å²) in [5.41, 5.74) is 8.05. The van der Waals surface area contributed by atoms with Gasteiger partial charge in [0.15, 0.2) is 5.58 Å². The molecule has 5 heteroatoms. The molecule has 1 unspecified atom stereocenters. The van der Waals surface area contributed by atoms with Gasteiger partial charge >= 0.3 is 0 Å².